The average Bonchev–Trinajstić information content (AvgIpc) is 3.14. The van der Waals surface area contributed by atoms with Crippen LogP contribution >= 0.6 is 0 Å². The van der Waals surface area contributed by atoms with Gasteiger partial charge in [-0.1, -0.05) is 82.4 Å². The molecule has 0 aliphatic carbocycles. The van der Waals surface area contributed by atoms with Crippen LogP contribution in [0.4, 0.5) is 0 Å². The van der Waals surface area contributed by atoms with Crippen molar-refractivity contribution in [1.82, 2.24) is 0 Å². The van der Waals surface area contributed by atoms with E-state index in [1.54, 1.807) is 0 Å². The van der Waals surface area contributed by atoms with Gasteiger partial charge in [-0.25, -0.2) is 0 Å². The number of aliphatic hydroxyl groups excluding tert-OH is 7. The molecule has 0 aromatic rings. The summed E-state index contributed by atoms with van der Waals surface area (Å²) in [5, 5.41) is 71.2. The highest BCUT2D eigenvalue weighted by atomic mass is 16.7. The van der Waals surface area contributed by atoms with Gasteiger partial charge >= 0.3 is 5.97 Å². The van der Waals surface area contributed by atoms with Crippen molar-refractivity contribution in [3.63, 3.8) is 0 Å². The maximum absolute atomic E-state index is 12.4. The van der Waals surface area contributed by atoms with Crippen LogP contribution in [0.1, 0.15) is 97.3 Å². The Kier molecular flexibility index (Phi) is 24.7. The Morgan fingerprint density at radius 3 is 1.88 bits per heavy atom. The van der Waals surface area contributed by atoms with E-state index < -0.39 is 86.7 Å². The molecular formula is C38H66O14. The first-order valence-corrected chi connectivity index (χ1v) is 19.1. The lowest BCUT2D eigenvalue weighted by atomic mass is 9.98. The van der Waals surface area contributed by atoms with Crippen molar-refractivity contribution in [1.29, 1.82) is 0 Å². The first-order valence-electron chi connectivity index (χ1n) is 19.1. The van der Waals surface area contributed by atoms with Gasteiger partial charge in [-0.2, -0.15) is 0 Å². The van der Waals surface area contributed by atoms with Gasteiger partial charge in [-0.15, -0.1) is 0 Å². The fraction of sp³-hybridized carbons (Fsp3) is 0.816. The third-order valence-electron chi connectivity index (χ3n) is 8.91. The molecule has 0 aromatic heterocycles. The van der Waals surface area contributed by atoms with Crippen molar-refractivity contribution in [3.8, 4) is 0 Å². The predicted molar refractivity (Wildman–Crippen MR) is 192 cm³/mol. The summed E-state index contributed by atoms with van der Waals surface area (Å²) in [6, 6.07) is 0. The van der Waals surface area contributed by atoms with Crippen LogP contribution in [0, 0.1) is 0 Å². The molecule has 52 heavy (non-hydrogen) atoms. The minimum Gasteiger partial charge on any atom is -0.457 e. The molecule has 11 atom stereocenters. The second kappa shape index (κ2) is 27.7. The van der Waals surface area contributed by atoms with Crippen molar-refractivity contribution in [2.75, 3.05) is 33.0 Å². The Hall–Kier alpha value is -1.79. The standard InChI is InChI=1S/C38H66O14/c1-3-5-7-8-9-10-11-12-13-14-15-16-17-18-19-20-22-47-24-27(50-30(40)21-6-4-2)25-48-37-36(46)34(44)32(42)29(52-37)26-49-38-35(45)33(43)31(41)28(23-39)51-38/h5,7,9-10,12-13,27-29,31-39,41-46H,3-4,6,8,11,14-26H2,1-2H3/b7-5-,10-9-,13-12-. The van der Waals surface area contributed by atoms with E-state index in [0.29, 0.717) is 13.0 Å². The highest BCUT2D eigenvalue weighted by Crippen LogP contribution is 2.26. The maximum atomic E-state index is 12.4. The van der Waals surface area contributed by atoms with Crippen LogP contribution < -0.4 is 0 Å². The number of hydrogen-bond donors (Lipinski definition) is 7. The molecule has 2 saturated heterocycles. The van der Waals surface area contributed by atoms with Gasteiger partial charge in [-0.05, 0) is 44.9 Å². The van der Waals surface area contributed by atoms with Crippen molar-refractivity contribution < 1.29 is 69.0 Å². The van der Waals surface area contributed by atoms with E-state index in [2.05, 4.69) is 43.4 Å². The van der Waals surface area contributed by atoms with Gasteiger partial charge in [0.25, 0.3) is 0 Å². The van der Waals surface area contributed by atoms with Gasteiger partial charge < -0.3 is 64.2 Å². The first-order chi connectivity index (χ1) is 25.1. The van der Waals surface area contributed by atoms with Crippen LogP contribution in [-0.2, 0) is 33.2 Å². The molecule has 11 unspecified atom stereocenters. The molecule has 0 spiro atoms. The van der Waals surface area contributed by atoms with Crippen molar-refractivity contribution in [2.45, 2.75) is 165 Å². The summed E-state index contributed by atoms with van der Waals surface area (Å²) in [4.78, 5) is 12.4. The molecule has 2 aliphatic rings. The highest BCUT2D eigenvalue weighted by molar-refractivity contribution is 5.69. The molecule has 2 fully saturated rings. The quantitative estimate of drug-likeness (QED) is 0.0365. The molecule has 14 heteroatoms. The number of aliphatic hydroxyl groups is 7. The van der Waals surface area contributed by atoms with Crippen molar-refractivity contribution in [3.05, 3.63) is 36.5 Å². The zero-order valence-corrected chi connectivity index (χ0v) is 31.0. The Morgan fingerprint density at radius 2 is 1.23 bits per heavy atom. The molecule has 2 aliphatic heterocycles. The van der Waals surface area contributed by atoms with Gasteiger partial charge in [0.15, 0.2) is 12.6 Å². The number of unbranched alkanes of at least 4 members (excludes halogenated alkanes) is 7. The van der Waals surface area contributed by atoms with Crippen LogP contribution in [0.3, 0.4) is 0 Å². The van der Waals surface area contributed by atoms with Crippen LogP contribution in [-0.4, -0.2) is 142 Å². The molecule has 0 radical (unpaired) electrons. The Bertz CT molecular complexity index is 1010. The van der Waals surface area contributed by atoms with Crippen molar-refractivity contribution >= 4 is 5.97 Å². The summed E-state index contributed by atoms with van der Waals surface area (Å²) >= 11 is 0. The fourth-order valence-corrected chi connectivity index (χ4v) is 5.69. The van der Waals surface area contributed by atoms with Crippen LogP contribution in [0.5, 0.6) is 0 Å². The summed E-state index contributed by atoms with van der Waals surface area (Å²) in [6.45, 7) is 3.24. The van der Waals surface area contributed by atoms with E-state index in [-0.39, 0.29) is 19.6 Å². The van der Waals surface area contributed by atoms with Gasteiger partial charge in [0.05, 0.1) is 26.4 Å². The number of allylic oxidation sites excluding steroid dienone is 6. The lowest BCUT2D eigenvalue weighted by Gasteiger charge is -2.42. The number of ether oxygens (including phenoxy) is 6. The van der Waals surface area contributed by atoms with Gasteiger partial charge in [-0.3, -0.25) is 4.79 Å². The van der Waals surface area contributed by atoms with E-state index in [4.69, 9.17) is 28.4 Å². The molecule has 2 rings (SSSR count). The maximum Gasteiger partial charge on any atom is 0.306 e. The molecular weight excluding hydrogens is 680 g/mol. The molecule has 2 heterocycles. The number of esters is 1. The largest absolute Gasteiger partial charge is 0.457 e. The van der Waals surface area contributed by atoms with Gasteiger partial charge in [0, 0.05) is 13.0 Å². The van der Waals surface area contributed by atoms with E-state index in [9.17, 15) is 40.5 Å². The molecule has 0 aromatic carbocycles. The van der Waals surface area contributed by atoms with E-state index in [0.717, 1.165) is 57.8 Å². The monoisotopic (exact) mass is 746 g/mol. The zero-order valence-electron chi connectivity index (χ0n) is 31.0. The first kappa shape index (κ1) is 46.4. The Morgan fingerprint density at radius 1 is 0.654 bits per heavy atom. The average molecular weight is 747 g/mol. The fourth-order valence-electron chi connectivity index (χ4n) is 5.69. The minimum atomic E-state index is -1.70. The van der Waals surface area contributed by atoms with Crippen molar-refractivity contribution in [2.24, 2.45) is 0 Å². The van der Waals surface area contributed by atoms with Gasteiger partial charge in [0.2, 0.25) is 0 Å². The smallest absolute Gasteiger partial charge is 0.306 e. The lowest BCUT2D eigenvalue weighted by Crippen LogP contribution is -2.61. The highest BCUT2D eigenvalue weighted by Gasteiger charge is 2.47. The van der Waals surface area contributed by atoms with Crippen LogP contribution in [0.25, 0.3) is 0 Å². The van der Waals surface area contributed by atoms with E-state index in [1.807, 2.05) is 6.92 Å². The summed E-state index contributed by atoms with van der Waals surface area (Å²) < 4.78 is 33.6. The predicted octanol–water partition coefficient (Wildman–Crippen LogP) is 2.34. The van der Waals surface area contributed by atoms with Crippen LogP contribution in [0.2, 0.25) is 0 Å². The topological polar surface area (TPSA) is 214 Å². The third kappa shape index (κ3) is 17.6. The third-order valence-corrected chi connectivity index (χ3v) is 8.91. The molecule has 302 valence electrons. The van der Waals surface area contributed by atoms with E-state index >= 15 is 0 Å². The lowest BCUT2D eigenvalue weighted by molar-refractivity contribution is -0.332. The number of carbonyl (C=O) groups excluding carboxylic acids is 1. The molecule has 0 bridgehead atoms. The zero-order chi connectivity index (χ0) is 38.1. The number of carbonyl (C=O) groups is 1. The second-order valence-corrected chi connectivity index (χ2v) is 13.4. The normalized spacial score (nSPS) is 30.5. The second-order valence-electron chi connectivity index (χ2n) is 13.4. The summed E-state index contributed by atoms with van der Waals surface area (Å²) in [6.07, 6.45) is 9.33. The molecule has 0 saturated carbocycles. The van der Waals surface area contributed by atoms with Gasteiger partial charge in [0.1, 0.15) is 54.9 Å². The number of rotatable bonds is 27. The number of hydrogen-bond acceptors (Lipinski definition) is 14. The minimum absolute atomic E-state index is 0.0481. The summed E-state index contributed by atoms with van der Waals surface area (Å²) in [5.41, 5.74) is 0. The molecule has 7 N–H and O–H groups in total. The molecule has 0 amide bonds. The van der Waals surface area contributed by atoms with E-state index in [1.165, 1.54) is 12.8 Å². The SMILES string of the molecule is CC/C=C\C/C=C\C/C=C\CCCCCCCCOCC(COC1OC(COC2OC(CO)C(O)C(O)C2O)C(O)C(O)C1O)OC(=O)CCCC. The Labute approximate surface area is 309 Å². The summed E-state index contributed by atoms with van der Waals surface area (Å²) in [5.74, 6) is -0.420. The summed E-state index contributed by atoms with van der Waals surface area (Å²) in [7, 11) is 0. The Balaban J connectivity index is 1.74. The molecule has 14 nitrogen and oxygen atoms in total. The van der Waals surface area contributed by atoms with Crippen LogP contribution in [0.15, 0.2) is 36.5 Å².